The Bertz CT molecular complexity index is 423. The van der Waals surface area contributed by atoms with Gasteiger partial charge in [0, 0.05) is 6.54 Å². The first kappa shape index (κ1) is 12.1. The van der Waals surface area contributed by atoms with Crippen LogP contribution < -0.4 is 4.90 Å². The highest BCUT2D eigenvalue weighted by atomic mass is 35.5. The van der Waals surface area contributed by atoms with Crippen LogP contribution in [0.25, 0.3) is 0 Å². The molecular weight excluding hydrogens is 242 g/mol. The zero-order chi connectivity index (χ0) is 12.5. The average molecular weight is 256 g/mol. The van der Waals surface area contributed by atoms with E-state index in [1.165, 1.54) is 0 Å². The molecule has 1 saturated heterocycles. The first-order valence-electron chi connectivity index (χ1n) is 5.54. The van der Waals surface area contributed by atoms with Crippen molar-refractivity contribution in [2.24, 2.45) is 0 Å². The molecule has 1 fully saturated rings. The number of halogens is 1. The summed E-state index contributed by atoms with van der Waals surface area (Å²) in [7, 11) is 0. The van der Waals surface area contributed by atoms with Gasteiger partial charge in [-0.1, -0.05) is 11.6 Å². The van der Waals surface area contributed by atoms with Crippen LogP contribution in [0.5, 0.6) is 0 Å². The fraction of sp³-hybridized carbons (Fsp3) is 0.545. The molecule has 1 unspecified atom stereocenters. The monoisotopic (exact) mass is 255 g/mol. The Morgan fingerprint density at radius 1 is 1.47 bits per heavy atom. The van der Waals surface area contributed by atoms with E-state index in [0.29, 0.717) is 23.9 Å². The van der Waals surface area contributed by atoms with Crippen LogP contribution in [0, 0.1) is 0 Å². The number of carboxylic acid groups (broad SMARTS) is 1. The van der Waals surface area contributed by atoms with Crippen molar-refractivity contribution in [1.82, 2.24) is 10.2 Å². The van der Waals surface area contributed by atoms with Crippen molar-refractivity contribution in [2.75, 3.05) is 11.4 Å². The number of rotatable bonds is 2. The minimum Gasteiger partial charge on any atom is -0.480 e. The second kappa shape index (κ2) is 4.49. The smallest absolute Gasteiger partial charge is 0.329 e. The quantitative estimate of drug-likeness (QED) is 0.875. The molecule has 1 aromatic heterocycles. The van der Waals surface area contributed by atoms with Gasteiger partial charge in [-0.25, -0.2) is 4.79 Å². The topological polar surface area (TPSA) is 66.3 Å². The fourth-order valence-corrected chi connectivity index (χ4v) is 2.26. The molecule has 2 rings (SSSR count). The van der Waals surface area contributed by atoms with Gasteiger partial charge in [0.25, 0.3) is 0 Å². The molecule has 1 aliphatic heterocycles. The zero-order valence-electron chi connectivity index (χ0n) is 9.56. The summed E-state index contributed by atoms with van der Waals surface area (Å²) in [5.74, 6) is -0.257. The summed E-state index contributed by atoms with van der Waals surface area (Å²) in [4.78, 5) is 13.2. The molecule has 1 atom stereocenters. The third kappa shape index (κ3) is 2.20. The van der Waals surface area contributed by atoms with Gasteiger partial charge in [-0.05, 0) is 38.3 Å². The Kier molecular flexibility index (Phi) is 3.19. The molecule has 1 aromatic rings. The van der Waals surface area contributed by atoms with E-state index in [4.69, 9.17) is 11.6 Å². The molecule has 1 aliphatic rings. The maximum atomic E-state index is 11.4. The molecule has 0 spiro atoms. The van der Waals surface area contributed by atoms with E-state index >= 15 is 0 Å². The van der Waals surface area contributed by atoms with Gasteiger partial charge in [-0.2, -0.15) is 0 Å². The van der Waals surface area contributed by atoms with Gasteiger partial charge < -0.3 is 10.0 Å². The van der Waals surface area contributed by atoms with Gasteiger partial charge in [-0.3, -0.25) is 0 Å². The van der Waals surface area contributed by atoms with Crippen LogP contribution in [0.1, 0.15) is 26.2 Å². The Labute approximate surface area is 104 Å². The van der Waals surface area contributed by atoms with Crippen LogP contribution in [0.15, 0.2) is 12.1 Å². The lowest BCUT2D eigenvalue weighted by molar-refractivity contribution is -0.143. The number of aromatic nitrogens is 2. The summed E-state index contributed by atoms with van der Waals surface area (Å²) < 4.78 is 0. The number of nitrogens with zero attached hydrogens (tertiary/aromatic N) is 3. The van der Waals surface area contributed by atoms with Crippen molar-refractivity contribution < 1.29 is 9.90 Å². The van der Waals surface area contributed by atoms with E-state index in [0.717, 1.165) is 12.8 Å². The largest absolute Gasteiger partial charge is 0.480 e. The fourth-order valence-electron chi connectivity index (χ4n) is 2.16. The third-order valence-electron chi connectivity index (χ3n) is 3.25. The molecule has 0 aromatic carbocycles. The number of piperidine rings is 1. The van der Waals surface area contributed by atoms with Crippen LogP contribution in [0.2, 0.25) is 5.15 Å². The lowest BCUT2D eigenvalue weighted by Crippen LogP contribution is -2.55. The summed E-state index contributed by atoms with van der Waals surface area (Å²) in [6.45, 7) is 2.41. The number of aliphatic carboxylic acids is 1. The summed E-state index contributed by atoms with van der Waals surface area (Å²) in [6, 6.07) is 3.34. The number of hydrogen-bond acceptors (Lipinski definition) is 4. The number of anilines is 1. The van der Waals surface area contributed by atoms with Crippen LogP contribution >= 0.6 is 11.6 Å². The molecule has 0 radical (unpaired) electrons. The van der Waals surface area contributed by atoms with Gasteiger partial charge in [0.2, 0.25) is 0 Å². The molecule has 5 nitrogen and oxygen atoms in total. The van der Waals surface area contributed by atoms with Gasteiger partial charge in [0.05, 0.1) is 0 Å². The molecule has 0 bridgehead atoms. The Balaban J connectivity index is 2.34. The van der Waals surface area contributed by atoms with E-state index in [1.807, 2.05) is 0 Å². The minimum absolute atomic E-state index is 0.308. The zero-order valence-corrected chi connectivity index (χ0v) is 10.3. The van der Waals surface area contributed by atoms with Gasteiger partial charge in [0.1, 0.15) is 5.54 Å². The van der Waals surface area contributed by atoms with Crippen LogP contribution in [0.3, 0.4) is 0 Å². The second-order valence-corrected chi connectivity index (χ2v) is 4.79. The molecule has 0 aliphatic carbocycles. The summed E-state index contributed by atoms with van der Waals surface area (Å²) in [5.41, 5.74) is -0.902. The first-order valence-corrected chi connectivity index (χ1v) is 5.92. The van der Waals surface area contributed by atoms with Crippen molar-refractivity contribution in [3.63, 3.8) is 0 Å². The Morgan fingerprint density at radius 3 is 2.82 bits per heavy atom. The SMILES string of the molecule is CC1(C(=O)O)CCCCN1c1ccc(Cl)nn1. The van der Waals surface area contributed by atoms with Crippen molar-refractivity contribution >= 4 is 23.4 Å². The molecule has 6 heteroatoms. The van der Waals surface area contributed by atoms with E-state index in [9.17, 15) is 9.90 Å². The molecule has 0 saturated carbocycles. The molecule has 92 valence electrons. The van der Waals surface area contributed by atoms with E-state index in [2.05, 4.69) is 10.2 Å². The third-order valence-corrected chi connectivity index (χ3v) is 3.45. The average Bonchev–Trinajstić information content (AvgIpc) is 2.31. The van der Waals surface area contributed by atoms with Crippen LogP contribution in [-0.2, 0) is 4.79 Å². The van der Waals surface area contributed by atoms with Crippen LogP contribution in [0.4, 0.5) is 5.82 Å². The van der Waals surface area contributed by atoms with Crippen molar-refractivity contribution in [1.29, 1.82) is 0 Å². The van der Waals surface area contributed by atoms with E-state index in [-0.39, 0.29) is 0 Å². The second-order valence-electron chi connectivity index (χ2n) is 4.40. The number of carbonyl (C=O) groups is 1. The Morgan fingerprint density at radius 2 is 2.24 bits per heavy atom. The molecule has 2 heterocycles. The minimum atomic E-state index is -0.902. The molecule has 17 heavy (non-hydrogen) atoms. The van der Waals surface area contributed by atoms with Gasteiger partial charge >= 0.3 is 5.97 Å². The van der Waals surface area contributed by atoms with Crippen molar-refractivity contribution in [3.05, 3.63) is 17.3 Å². The van der Waals surface area contributed by atoms with Gasteiger partial charge in [0.15, 0.2) is 11.0 Å². The Hall–Kier alpha value is -1.36. The highest BCUT2D eigenvalue weighted by molar-refractivity contribution is 6.29. The normalized spacial score (nSPS) is 24.7. The van der Waals surface area contributed by atoms with Crippen molar-refractivity contribution in [2.45, 2.75) is 31.7 Å². The van der Waals surface area contributed by atoms with E-state index in [1.54, 1.807) is 24.0 Å². The summed E-state index contributed by atoms with van der Waals surface area (Å²) in [6.07, 6.45) is 2.50. The lowest BCUT2D eigenvalue weighted by Gasteiger charge is -2.42. The summed E-state index contributed by atoms with van der Waals surface area (Å²) in [5, 5.41) is 17.4. The summed E-state index contributed by atoms with van der Waals surface area (Å²) >= 11 is 5.68. The standard InChI is InChI=1S/C11H14ClN3O2/c1-11(10(16)17)6-2-3-7-15(11)9-5-4-8(12)13-14-9/h4-5H,2-3,6-7H2,1H3,(H,16,17). The number of hydrogen-bond donors (Lipinski definition) is 1. The van der Waals surface area contributed by atoms with Gasteiger partial charge in [-0.15, -0.1) is 10.2 Å². The van der Waals surface area contributed by atoms with Crippen LogP contribution in [-0.4, -0.2) is 33.4 Å². The number of carboxylic acids is 1. The molecular formula is C11H14ClN3O2. The maximum Gasteiger partial charge on any atom is 0.329 e. The predicted octanol–water partition coefficient (Wildman–Crippen LogP) is 1.96. The van der Waals surface area contributed by atoms with Crippen molar-refractivity contribution in [3.8, 4) is 0 Å². The highest BCUT2D eigenvalue weighted by Crippen LogP contribution is 2.31. The molecule has 1 N–H and O–H groups in total. The lowest BCUT2D eigenvalue weighted by atomic mass is 9.88. The van der Waals surface area contributed by atoms with E-state index < -0.39 is 11.5 Å². The highest BCUT2D eigenvalue weighted by Gasteiger charge is 2.42. The first-order chi connectivity index (χ1) is 8.04. The predicted molar refractivity (Wildman–Crippen MR) is 64.3 cm³/mol. The molecule has 0 amide bonds. The maximum absolute atomic E-state index is 11.4.